The van der Waals surface area contributed by atoms with Crippen molar-refractivity contribution in [1.82, 2.24) is 9.80 Å². The van der Waals surface area contributed by atoms with Crippen LogP contribution in [0.3, 0.4) is 0 Å². The van der Waals surface area contributed by atoms with Gasteiger partial charge in [0.2, 0.25) is 11.8 Å². The molecule has 1 N–H and O–H groups in total. The number of hydrogen-bond donors (Lipinski definition) is 1. The summed E-state index contributed by atoms with van der Waals surface area (Å²) in [5.41, 5.74) is 1.25. The van der Waals surface area contributed by atoms with E-state index in [1.165, 1.54) is 4.90 Å². The van der Waals surface area contributed by atoms with Crippen molar-refractivity contribution < 1.29 is 24.2 Å². The van der Waals surface area contributed by atoms with Crippen molar-refractivity contribution in [3.05, 3.63) is 89.5 Å². The fraction of sp³-hybridized carbons (Fsp3) is 0.441. The minimum absolute atomic E-state index is 0.170. The van der Waals surface area contributed by atoms with Crippen LogP contribution in [-0.2, 0) is 25.7 Å². The molecule has 8 heteroatoms. The van der Waals surface area contributed by atoms with Gasteiger partial charge in [-0.1, -0.05) is 79.8 Å². The molecule has 1 spiro atoms. The average molecular weight is 570 g/mol. The largest absolute Gasteiger partial charge is 0.394 e. The van der Waals surface area contributed by atoms with Crippen molar-refractivity contribution in [1.29, 1.82) is 0 Å². The van der Waals surface area contributed by atoms with Gasteiger partial charge in [0.15, 0.2) is 0 Å². The van der Waals surface area contributed by atoms with E-state index in [-0.39, 0.29) is 24.3 Å². The number of nitrogens with zero attached hydrogens (tertiary/aromatic N) is 3. The molecule has 4 heterocycles. The van der Waals surface area contributed by atoms with E-state index in [2.05, 4.69) is 0 Å². The predicted octanol–water partition coefficient (Wildman–Crippen LogP) is 3.55. The Bertz CT molecular complexity index is 1450. The van der Waals surface area contributed by atoms with Crippen molar-refractivity contribution in [2.75, 3.05) is 24.6 Å². The Morgan fingerprint density at radius 3 is 2.26 bits per heavy atom. The van der Waals surface area contributed by atoms with Gasteiger partial charge in [-0.2, -0.15) is 0 Å². The Hall–Kier alpha value is -3.75. The fourth-order valence-electron chi connectivity index (χ4n) is 7.70. The first-order chi connectivity index (χ1) is 20.2. The van der Waals surface area contributed by atoms with E-state index >= 15 is 0 Å². The highest BCUT2D eigenvalue weighted by atomic mass is 16.5. The number of amides is 3. The summed E-state index contributed by atoms with van der Waals surface area (Å²) in [6.07, 6.45) is 8.05. The SMILES string of the molecule is CC[C@@H](CO)N1C(=O)[C@@H]2[C@@H]3C(=O)N(Cc4ccccc4)CC=C[C@]3(C)O[C@@]23C=CCN(c2c(C)cccc2C)C(=O)C13. The average Bonchev–Trinajstić information content (AvgIpc) is 3.25. The van der Waals surface area contributed by atoms with Gasteiger partial charge in [0.1, 0.15) is 11.6 Å². The van der Waals surface area contributed by atoms with E-state index in [9.17, 15) is 19.5 Å². The molecule has 6 atom stereocenters. The summed E-state index contributed by atoms with van der Waals surface area (Å²) >= 11 is 0. The van der Waals surface area contributed by atoms with Crippen LogP contribution in [0.1, 0.15) is 37.0 Å². The Morgan fingerprint density at radius 2 is 1.60 bits per heavy atom. The summed E-state index contributed by atoms with van der Waals surface area (Å²) in [4.78, 5) is 48.8. The summed E-state index contributed by atoms with van der Waals surface area (Å²) in [5, 5.41) is 10.4. The highest BCUT2D eigenvalue weighted by Crippen LogP contribution is 2.58. The molecular formula is C34H39N3O5. The molecular weight excluding hydrogens is 530 g/mol. The molecule has 4 aliphatic heterocycles. The van der Waals surface area contributed by atoms with Crippen LogP contribution >= 0.6 is 0 Å². The third kappa shape index (κ3) is 4.14. The molecule has 2 aromatic carbocycles. The predicted molar refractivity (Wildman–Crippen MR) is 159 cm³/mol. The lowest BCUT2D eigenvalue weighted by molar-refractivity contribution is -0.151. The van der Waals surface area contributed by atoms with Crippen LogP contribution in [0.25, 0.3) is 0 Å². The summed E-state index contributed by atoms with van der Waals surface area (Å²) in [6.45, 7) is 8.50. The normalized spacial score (nSPS) is 31.1. The van der Waals surface area contributed by atoms with E-state index in [4.69, 9.17) is 4.74 Å². The Kier molecular flexibility index (Phi) is 7.10. The van der Waals surface area contributed by atoms with Crippen LogP contribution in [-0.4, -0.2) is 75.6 Å². The molecule has 2 fully saturated rings. The minimum Gasteiger partial charge on any atom is -0.394 e. The topological polar surface area (TPSA) is 90.4 Å². The molecule has 4 aliphatic rings. The van der Waals surface area contributed by atoms with Crippen LogP contribution in [0.4, 0.5) is 5.69 Å². The van der Waals surface area contributed by atoms with E-state index in [1.807, 2.05) is 101 Å². The number of anilines is 1. The minimum atomic E-state index is -1.36. The zero-order chi connectivity index (χ0) is 29.8. The van der Waals surface area contributed by atoms with E-state index in [1.54, 1.807) is 9.80 Å². The van der Waals surface area contributed by atoms with Crippen LogP contribution in [0.5, 0.6) is 0 Å². The molecule has 0 aromatic heterocycles. The second kappa shape index (κ2) is 10.5. The number of carbonyl (C=O) groups excluding carboxylic acids is 3. The molecule has 0 bridgehead atoms. The van der Waals surface area contributed by atoms with Crippen LogP contribution in [0.15, 0.2) is 72.8 Å². The van der Waals surface area contributed by atoms with Gasteiger partial charge >= 0.3 is 0 Å². The highest BCUT2D eigenvalue weighted by Gasteiger charge is 2.75. The van der Waals surface area contributed by atoms with Gasteiger partial charge in [-0.25, -0.2) is 0 Å². The molecule has 2 saturated heterocycles. The second-order valence-corrected chi connectivity index (χ2v) is 12.2. The summed E-state index contributed by atoms with van der Waals surface area (Å²) in [5.74, 6) is -2.51. The number of aliphatic hydroxyl groups excluding tert-OH is 1. The Labute approximate surface area is 247 Å². The summed E-state index contributed by atoms with van der Waals surface area (Å²) in [7, 11) is 0. The van der Waals surface area contributed by atoms with E-state index in [0.717, 1.165) is 22.4 Å². The molecule has 3 amide bonds. The number of benzene rings is 2. The van der Waals surface area contributed by atoms with Gasteiger partial charge in [-0.15, -0.1) is 0 Å². The zero-order valence-electron chi connectivity index (χ0n) is 24.7. The smallest absolute Gasteiger partial charge is 0.253 e. The lowest BCUT2D eigenvalue weighted by Gasteiger charge is -2.40. The summed E-state index contributed by atoms with van der Waals surface area (Å²) < 4.78 is 6.94. The van der Waals surface area contributed by atoms with Crippen LogP contribution in [0, 0.1) is 25.7 Å². The number of ether oxygens (including phenoxy) is 1. The zero-order valence-corrected chi connectivity index (χ0v) is 24.7. The van der Waals surface area contributed by atoms with Gasteiger partial charge in [0, 0.05) is 25.3 Å². The van der Waals surface area contributed by atoms with E-state index < -0.39 is 35.1 Å². The van der Waals surface area contributed by atoms with Crippen molar-refractivity contribution >= 4 is 23.4 Å². The molecule has 0 radical (unpaired) electrons. The first kappa shape index (κ1) is 28.4. The lowest BCUT2D eigenvalue weighted by Crippen LogP contribution is -2.59. The Morgan fingerprint density at radius 1 is 0.905 bits per heavy atom. The quantitative estimate of drug-likeness (QED) is 0.538. The maximum Gasteiger partial charge on any atom is 0.253 e. The van der Waals surface area contributed by atoms with Crippen molar-refractivity contribution in [2.24, 2.45) is 11.8 Å². The third-order valence-electron chi connectivity index (χ3n) is 9.58. The number of likely N-dealkylation sites (tertiary alicyclic amines) is 1. The van der Waals surface area contributed by atoms with Crippen LogP contribution < -0.4 is 4.90 Å². The number of fused-ring (bicyclic) bond motifs is 2. The van der Waals surface area contributed by atoms with Crippen molar-refractivity contribution in [2.45, 2.75) is 63.9 Å². The molecule has 2 aromatic rings. The molecule has 42 heavy (non-hydrogen) atoms. The molecule has 1 unspecified atom stereocenters. The maximum absolute atomic E-state index is 14.7. The van der Waals surface area contributed by atoms with E-state index in [0.29, 0.717) is 26.1 Å². The number of carbonyl (C=O) groups is 3. The maximum atomic E-state index is 14.7. The fourth-order valence-corrected chi connectivity index (χ4v) is 7.70. The van der Waals surface area contributed by atoms with Gasteiger partial charge in [0.25, 0.3) is 5.91 Å². The van der Waals surface area contributed by atoms with Gasteiger partial charge < -0.3 is 24.5 Å². The molecule has 6 rings (SSSR count). The molecule has 8 nitrogen and oxygen atoms in total. The number of rotatable bonds is 6. The Balaban J connectivity index is 1.48. The van der Waals surface area contributed by atoms with Crippen molar-refractivity contribution in [3.8, 4) is 0 Å². The standard InChI is InChI=1S/C34H39N3O5/c1-5-25(21-38)37-29-32(41)36(28-22(2)12-9-13-23(28)3)19-11-17-34(29)27(31(37)40)26-30(39)35(18-10-16-33(26,4)42-34)20-24-14-7-6-8-15-24/h6-17,25-27,29,38H,5,18-21H2,1-4H3/t25-,26+,27-,29?,33-,34-/m0/s1. The van der Waals surface area contributed by atoms with Gasteiger partial charge in [0.05, 0.1) is 30.1 Å². The van der Waals surface area contributed by atoms with Crippen molar-refractivity contribution in [3.63, 3.8) is 0 Å². The highest BCUT2D eigenvalue weighted by molar-refractivity contribution is 6.06. The third-order valence-corrected chi connectivity index (χ3v) is 9.58. The number of aliphatic hydroxyl groups is 1. The van der Waals surface area contributed by atoms with Crippen LogP contribution in [0.2, 0.25) is 0 Å². The van der Waals surface area contributed by atoms with Gasteiger partial charge in [-0.05, 0) is 43.9 Å². The molecule has 0 saturated carbocycles. The monoisotopic (exact) mass is 569 g/mol. The first-order valence-corrected chi connectivity index (χ1v) is 14.9. The first-order valence-electron chi connectivity index (χ1n) is 14.9. The lowest BCUT2D eigenvalue weighted by atomic mass is 9.74. The number of aryl methyl sites for hydroxylation is 2. The van der Waals surface area contributed by atoms with Gasteiger partial charge in [-0.3, -0.25) is 14.4 Å². The second-order valence-electron chi connectivity index (χ2n) is 12.2. The molecule has 0 aliphatic carbocycles. The molecule has 220 valence electrons. The number of hydrogen-bond acceptors (Lipinski definition) is 5. The number of para-hydroxylation sites is 1. The summed E-state index contributed by atoms with van der Waals surface area (Å²) in [6, 6.07) is 14.1.